The fraction of sp³-hybridized carbons (Fsp3) is 0.632. The smallest absolute Gasteiger partial charge is 0.227 e. The molecule has 134 valence electrons. The van der Waals surface area contributed by atoms with Gasteiger partial charge in [0.05, 0.1) is 5.92 Å². The van der Waals surface area contributed by atoms with Crippen LogP contribution >= 0.6 is 12.4 Å². The van der Waals surface area contributed by atoms with Crippen molar-refractivity contribution in [3.8, 4) is 0 Å². The van der Waals surface area contributed by atoms with Gasteiger partial charge < -0.3 is 10.6 Å². The molecule has 24 heavy (non-hydrogen) atoms. The summed E-state index contributed by atoms with van der Waals surface area (Å²) in [6.45, 7) is 3.67. The molecule has 3 unspecified atom stereocenters. The Labute approximate surface area is 150 Å². The van der Waals surface area contributed by atoms with Crippen LogP contribution in [0.15, 0.2) is 24.3 Å². The summed E-state index contributed by atoms with van der Waals surface area (Å²) in [5.41, 5.74) is 7.17. The Bertz CT molecular complexity index is 561. The van der Waals surface area contributed by atoms with Gasteiger partial charge in [-0.15, -0.1) is 12.4 Å². The maximum absolute atomic E-state index is 13.0. The molecule has 1 amide bonds. The molecule has 1 saturated heterocycles. The average Bonchev–Trinajstić information content (AvgIpc) is 2.97. The van der Waals surface area contributed by atoms with Crippen LogP contribution in [0.5, 0.6) is 0 Å². The second-order valence-electron chi connectivity index (χ2n) is 7.57. The van der Waals surface area contributed by atoms with E-state index in [1.54, 1.807) is 0 Å². The summed E-state index contributed by atoms with van der Waals surface area (Å²) in [5.74, 6) is 0.491. The van der Waals surface area contributed by atoms with E-state index in [4.69, 9.17) is 5.73 Å². The third-order valence-electron chi connectivity index (χ3n) is 5.59. The van der Waals surface area contributed by atoms with E-state index < -0.39 is 0 Å². The summed E-state index contributed by atoms with van der Waals surface area (Å²) in [7, 11) is 0. The molecule has 1 saturated carbocycles. The Hall–Kier alpha value is -1.13. The topological polar surface area (TPSA) is 46.3 Å². The van der Waals surface area contributed by atoms with Crippen molar-refractivity contribution in [1.82, 2.24) is 4.90 Å². The average molecular weight is 355 g/mol. The Morgan fingerprint density at radius 1 is 1.29 bits per heavy atom. The zero-order chi connectivity index (χ0) is 16.4. The van der Waals surface area contributed by atoms with Crippen LogP contribution in [-0.2, 0) is 11.2 Å². The molecule has 0 aromatic heterocycles. The summed E-state index contributed by atoms with van der Waals surface area (Å²) in [5, 5.41) is 0. The highest BCUT2D eigenvalue weighted by Crippen LogP contribution is 2.34. The minimum atomic E-state index is -0.357. The highest BCUT2D eigenvalue weighted by Gasteiger charge is 2.41. The van der Waals surface area contributed by atoms with Crippen molar-refractivity contribution in [2.24, 2.45) is 17.6 Å². The van der Waals surface area contributed by atoms with Gasteiger partial charge in [0, 0.05) is 18.6 Å². The third kappa shape index (κ3) is 4.28. The number of hydrogen-bond donors (Lipinski definition) is 1. The van der Waals surface area contributed by atoms with Gasteiger partial charge in [0.15, 0.2) is 0 Å². The number of hydrogen-bond acceptors (Lipinski definition) is 2. The predicted octanol–water partition coefficient (Wildman–Crippen LogP) is 3.55. The quantitative estimate of drug-likeness (QED) is 0.902. The Morgan fingerprint density at radius 3 is 2.67 bits per heavy atom. The molecular formula is C19H28ClFN2O. The monoisotopic (exact) mass is 354 g/mol. The molecule has 2 aliphatic rings. The lowest BCUT2D eigenvalue weighted by molar-refractivity contribution is -0.137. The second kappa shape index (κ2) is 7.83. The number of carbonyl (C=O) groups is 1. The van der Waals surface area contributed by atoms with E-state index in [0.29, 0.717) is 5.92 Å². The van der Waals surface area contributed by atoms with E-state index in [-0.39, 0.29) is 35.6 Å². The molecule has 0 spiro atoms. The molecule has 2 fully saturated rings. The van der Waals surface area contributed by atoms with Crippen LogP contribution in [0.3, 0.4) is 0 Å². The van der Waals surface area contributed by atoms with E-state index in [1.165, 1.54) is 12.1 Å². The third-order valence-corrected chi connectivity index (χ3v) is 5.59. The van der Waals surface area contributed by atoms with Crippen molar-refractivity contribution in [2.45, 2.75) is 51.0 Å². The normalized spacial score (nSPS) is 30.0. The maximum atomic E-state index is 13.0. The molecule has 3 rings (SSSR count). The first-order valence-corrected chi connectivity index (χ1v) is 8.78. The van der Waals surface area contributed by atoms with Crippen LogP contribution in [0, 0.1) is 17.7 Å². The Morgan fingerprint density at radius 2 is 2.00 bits per heavy atom. The first-order chi connectivity index (χ1) is 11.0. The molecule has 1 aliphatic heterocycles. The molecule has 0 bridgehead atoms. The minimum Gasteiger partial charge on any atom is -0.342 e. The summed E-state index contributed by atoms with van der Waals surface area (Å²) in [4.78, 5) is 14.9. The molecular weight excluding hydrogens is 327 g/mol. The van der Waals surface area contributed by atoms with Gasteiger partial charge in [-0.1, -0.05) is 25.0 Å². The van der Waals surface area contributed by atoms with Gasteiger partial charge in [-0.2, -0.15) is 0 Å². The largest absolute Gasteiger partial charge is 0.342 e. The minimum absolute atomic E-state index is 0. The number of amides is 1. The van der Waals surface area contributed by atoms with Crippen molar-refractivity contribution < 1.29 is 9.18 Å². The van der Waals surface area contributed by atoms with Gasteiger partial charge in [0.25, 0.3) is 0 Å². The van der Waals surface area contributed by atoms with Gasteiger partial charge >= 0.3 is 0 Å². The van der Waals surface area contributed by atoms with E-state index in [9.17, 15) is 9.18 Å². The summed E-state index contributed by atoms with van der Waals surface area (Å²) < 4.78 is 13.0. The molecule has 1 aliphatic carbocycles. The standard InChI is InChI=1S/C19H27FN2O.ClH/c1-19(21)10-3-2-4-17(19)18(23)22-11-9-15(13-22)12-14-5-7-16(20)8-6-14;/h5-8,15,17H,2-4,9-13,21H2,1H3;1H. The predicted molar refractivity (Wildman–Crippen MR) is 96.6 cm³/mol. The van der Waals surface area contributed by atoms with Crippen LogP contribution in [-0.4, -0.2) is 29.4 Å². The molecule has 1 aromatic rings. The Balaban J connectivity index is 0.00000208. The van der Waals surface area contributed by atoms with Crippen molar-refractivity contribution in [3.05, 3.63) is 35.6 Å². The van der Waals surface area contributed by atoms with E-state index in [2.05, 4.69) is 0 Å². The van der Waals surface area contributed by atoms with E-state index >= 15 is 0 Å². The van der Waals surface area contributed by atoms with E-state index in [1.807, 2.05) is 24.0 Å². The number of nitrogens with two attached hydrogens (primary N) is 1. The zero-order valence-corrected chi connectivity index (χ0v) is 15.2. The van der Waals surface area contributed by atoms with Gasteiger partial charge in [-0.25, -0.2) is 4.39 Å². The SMILES string of the molecule is CC1(N)CCCCC1C(=O)N1CCC(Cc2ccc(F)cc2)C1.Cl. The van der Waals surface area contributed by atoms with Gasteiger partial charge in [-0.3, -0.25) is 4.79 Å². The maximum Gasteiger partial charge on any atom is 0.227 e. The van der Waals surface area contributed by atoms with Crippen LogP contribution in [0.1, 0.15) is 44.6 Å². The van der Waals surface area contributed by atoms with Crippen molar-refractivity contribution >= 4 is 18.3 Å². The number of carbonyl (C=O) groups excluding carboxylic acids is 1. The van der Waals surface area contributed by atoms with E-state index in [0.717, 1.165) is 57.2 Å². The van der Waals surface area contributed by atoms with Crippen molar-refractivity contribution in [3.63, 3.8) is 0 Å². The molecule has 5 heteroatoms. The number of rotatable bonds is 3. The molecule has 0 radical (unpaired) electrons. The van der Waals surface area contributed by atoms with Crippen molar-refractivity contribution in [1.29, 1.82) is 0 Å². The molecule has 1 aromatic carbocycles. The fourth-order valence-corrected chi connectivity index (χ4v) is 4.14. The highest BCUT2D eigenvalue weighted by atomic mass is 35.5. The van der Waals surface area contributed by atoms with Crippen LogP contribution in [0.2, 0.25) is 0 Å². The molecule has 1 heterocycles. The van der Waals surface area contributed by atoms with Crippen molar-refractivity contribution in [2.75, 3.05) is 13.1 Å². The van der Waals surface area contributed by atoms with Gasteiger partial charge in [0.1, 0.15) is 5.82 Å². The number of nitrogens with zero attached hydrogens (tertiary/aromatic N) is 1. The number of halogens is 2. The lowest BCUT2D eigenvalue weighted by Crippen LogP contribution is -2.53. The van der Waals surface area contributed by atoms with Gasteiger partial charge in [-0.05, 0) is 56.2 Å². The number of likely N-dealkylation sites (tertiary alicyclic amines) is 1. The Kier molecular flexibility index (Phi) is 6.27. The lowest BCUT2D eigenvalue weighted by atomic mass is 9.74. The van der Waals surface area contributed by atoms with Crippen LogP contribution < -0.4 is 5.73 Å². The van der Waals surface area contributed by atoms with Gasteiger partial charge in [0.2, 0.25) is 5.91 Å². The second-order valence-corrected chi connectivity index (χ2v) is 7.57. The molecule has 2 N–H and O–H groups in total. The fourth-order valence-electron chi connectivity index (χ4n) is 4.14. The van der Waals surface area contributed by atoms with Crippen LogP contribution in [0.4, 0.5) is 4.39 Å². The number of benzene rings is 1. The molecule has 3 nitrogen and oxygen atoms in total. The lowest BCUT2D eigenvalue weighted by Gasteiger charge is -2.39. The summed E-state index contributed by atoms with van der Waals surface area (Å²) >= 11 is 0. The molecule has 3 atom stereocenters. The summed E-state index contributed by atoms with van der Waals surface area (Å²) in [6, 6.07) is 6.71. The first kappa shape index (κ1) is 19.2. The van der Waals surface area contributed by atoms with Crippen LogP contribution in [0.25, 0.3) is 0 Å². The highest BCUT2D eigenvalue weighted by molar-refractivity contribution is 5.85. The zero-order valence-electron chi connectivity index (χ0n) is 14.3. The summed E-state index contributed by atoms with van der Waals surface area (Å²) in [6.07, 6.45) is 6.03. The first-order valence-electron chi connectivity index (χ1n) is 8.78.